The van der Waals surface area contributed by atoms with Crippen molar-refractivity contribution in [3.63, 3.8) is 0 Å². The van der Waals surface area contributed by atoms with Gasteiger partial charge < -0.3 is 4.74 Å². The van der Waals surface area contributed by atoms with E-state index in [1.165, 1.54) is 0 Å². The van der Waals surface area contributed by atoms with Gasteiger partial charge in [0.25, 0.3) is 5.91 Å². The molecule has 1 aromatic heterocycles. The average molecular weight is 361 g/mol. The zero-order valence-corrected chi connectivity index (χ0v) is 15.7. The molecule has 1 atom stereocenters. The van der Waals surface area contributed by atoms with E-state index < -0.39 is 0 Å². The van der Waals surface area contributed by atoms with Crippen LogP contribution in [-0.4, -0.2) is 23.1 Å². The molecule has 1 heterocycles. The van der Waals surface area contributed by atoms with Crippen molar-refractivity contribution in [2.75, 3.05) is 6.61 Å². The molecule has 27 heavy (non-hydrogen) atoms. The molecular formula is C23H23NO3. The highest BCUT2D eigenvalue weighted by atomic mass is 16.5. The summed E-state index contributed by atoms with van der Waals surface area (Å²) in [5.74, 6) is -0.280. The molecule has 1 unspecified atom stereocenters. The number of para-hydroxylation sites is 1. The molecule has 0 fully saturated rings. The van der Waals surface area contributed by atoms with Gasteiger partial charge in [-0.25, -0.2) is 0 Å². The van der Waals surface area contributed by atoms with Crippen LogP contribution in [0.5, 0.6) is 0 Å². The lowest BCUT2D eigenvalue weighted by atomic mass is 9.86. The van der Waals surface area contributed by atoms with Gasteiger partial charge in [-0.2, -0.15) is 0 Å². The third-order valence-corrected chi connectivity index (χ3v) is 5.39. The number of nitrogens with zero attached hydrogens (tertiary/aromatic N) is 1. The lowest BCUT2D eigenvalue weighted by molar-refractivity contribution is -0.148. The van der Waals surface area contributed by atoms with E-state index in [0.29, 0.717) is 31.4 Å². The van der Waals surface area contributed by atoms with E-state index in [1.807, 2.05) is 66.9 Å². The first-order valence-corrected chi connectivity index (χ1v) is 9.49. The molecule has 3 aromatic rings. The molecule has 1 aliphatic carbocycles. The largest absolute Gasteiger partial charge is 0.466 e. The Bertz CT molecular complexity index is 1010. The van der Waals surface area contributed by atoms with Gasteiger partial charge >= 0.3 is 5.97 Å². The maximum absolute atomic E-state index is 13.3. The van der Waals surface area contributed by atoms with Crippen LogP contribution in [0.3, 0.4) is 0 Å². The van der Waals surface area contributed by atoms with E-state index in [0.717, 1.165) is 27.7 Å². The number of benzene rings is 2. The topological polar surface area (TPSA) is 48.3 Å². The third-order valence-electron chi connectivity index (χ3n) is 5.39. The van der Waals surface area contributed by atoms with Gasteiger partial charge in [0, 0.05) is 16.6 Å². The number of carbonyl (C=O) groups excluding carboxylic acids is 2. The predicted octanol–water partition coefficient (Wildman–Crippen LogP) is 4.31. The number of hydrogen-bond donors (Lipinski definition) is 0. The molecular weight excluding hydrogens is 338 g/mol. The van der Waals surface area contributed by atoms with Gasteiger partial charge in [-0.1, -0.05) is 35.9 Å². The van der Waals surface area contributed by atoms with Crippen molar-refractivity contribution in [2.45, 2.75) is 33.1 Å². The van der Waals surface area contributed by atoms with Gasteiger partial charge in [-0.05, 0) is 56.9 Å². The van der Waals surface area contributed by atoms with Crippen LogP contribution >= 0.6 is 0 Å². The van der Waals surface area contributed by atoms with Crippen LogP contribution in [0.2, 0.25) is 0 Å². The molecule has 0 N–H and O–H groups in total. The Kier molecular flexibility index (Phi) is 4.56. The standard InChI is InChI=1S/C23H23NO3/c1-3-27-23(26)17-12-13-21-19(14-17)18-6-4-5-7-20(18)24(21)22(25)16-10-8-15(2)9-11-16/h4-11,17H,3,12-14H2,1-2H3. The van der Waals surface area contributed by atoms with Crippen molar-refractivity contribution in [1.29, 1.82) is 0 Å². The second-order valence-electron chi connectivity index (χ2n) is 7.14. The van der Waals surface area contributed by atoms with Crippen molar-refractivity contribution in [1.82, 2.24) is 4.57 Å². The number of esters is 1. The van der Waals surface area contributed by atoms with Crippen LogP contribution in [-0.2, 0) is 22.4 Å². The minimum Gasteiger partial charge on any atom is -0.466 e. The Hall–Kier alpha value is -2.88. The van der Waals surface area contributed by atoms with Crippen molar-refractivity contribution in [3.05, 3.63) is 70.9 Å². The smallest absolute Gasteiger partial charge is 0.309 e. The molecule has 4 rings (SSSR count). The third kappa shape index (κ3) is 3.05. The van der Waals surface area contributed by atoms with Crippen LogP contribution in [0.25, 0.3) is 10.9 Å². The fourth-order valence-electron chi connectivity index (χ4n) is 4.03. The van der Waals surface area contributed by atoms with Gasteiger partial charge in [-0.3, -0.25) is 14.2 Å². The minimum atomic E-state index is -0.134. The van der Waals surface area contributed by atoms with Gasteiger partial charge in [0.1, 0.15) is 0 Å². The highest BCUT2D eigenvalue weighted by Gasteiger charge is 2.31. The van der Waals surface area contributed by atoms with E-state index in [1.54, 1.807) is 0 Å². The molecule has 0 radical (unpaired) electrons. The Morgan fingerprint density at radius 1 is 1.11 bits per heavy atom. The van der Waals surface area contributed by atoms with Crippen molar-refractivity contribution in [3.8, 4) is 0 Å². The first-order chi connectivity index (χ1) is 13.1. The van der Waals surface area contributed by atoms with Crippen LogP contribution in [0, 0.1) is 12.8 Å². The number of carbonyl (C=O) groups is 2. The van der Waals surface area contributed by atoms with Gasteiger partial charge in [0.05, 0.1) is 18.0 Å². The monoisotopic (exact) mass is 361 g/mol. The summed E-state index contributed by atoms with van der Waals surface area (Å²) in [6.07, 6.45) is 2.04. The zero-order chi connectivity index (χ0) is 19.0. The first kappa shape index (κ1) is 17.5. The Morgan fingerprint density at radius 2 is 1.85 bits per heavy atom. The molecule has 0 aliphatic heterocycles. The molecule has 138 valence electrons. The maximum Gasteiger partial charge on any atom is 0.309 e. The SMILES string of the molecule is CCOC(=O)C1CCc2c(c3ccccc3n2C(=O)c2ccc(C)cc2)C1. The molecule has 0 saturated heterocycles. The predicted molar refractivity (Wildman–Crippen MR) is 105 cm³/mol. The number of hydrogen-bond acceptors (Lipinski definition) is 3. The maximum atomic E-state index is 13.3. The fraction of sp³-hybridized carbons (Fsp3) is 0.304. The number of aromatic nitrogens is 1. The molecule has 1 aliphatic rings. The number of ether oxygens (including phenoxy) is 1. The van der Waals surface area contributed by atoms with Crippen LogP contribution in [0.1, 0.15) is 40.5 Å². The second kappa shape index (κ2) is 7.03. The molecule has 0 bridgehead atoms. The van der Waals surface area contributed by atoms with Crippen molar-refractivity contribution >= 4 is 22.8 Å². The van der Waals surface area contributed by atoms with E-state index in [4.69, 9.17) is 4.74 Å². The highest BCUT2D eigenvalue weighted by molar-refractivity contribution is 6.04. The lowest BCUT2D eigenvalue weighted by Crippen LogP contribution is -2.26. The number of aryl methyl sites for hydroxylation is 1. The average Bonchev–Trinajstić information content (AvgIpc) is 3.02. The lowest BCUT2D eigenvalue weighted by Gasteiger charge is -2.22. The molecule has 4 heteroatoms. The first-order valence-electron chi connectivity index (χ1n) is 9.49. The van der Waals surface area contributed by atoms with E-state index in [2.05, 4.69) is 0 Å². The molecule has 4 nitrogen and oxygen atoms in total. The Morgan fingerprint density at radius 3 is 2.59 bits per heavy atom. The van der Waals surface area contributed by atoms with Crippen LogP contribution in [0.4, 0.5) is 0 Å². The van der Waals surface area contributed by atoms with Gasteiger partial charge in [0.15, 0.2) is 0 Å². The second-order valence-corrected chi connectivity index (χ2v) is 7.14. The summed E-state index contributed by atoms with van der Waals surface area (Å²) in [5.41, 5.74) is 4.86. The summed E-state index contributed by atoms with van der Waals surface area (Å²) < 4.78 is 7.07. The highest BCUT2D eigenvalue weighted by Crippen LogP contribution is 2.35. The fourth-order valence-corrected chi connectivity index (χ4v) is 4.03. The summed E-state index contributed by atoms with van der Waals surface area (Å²) in [7, 11) is 0. The van der Waals surface area contributed by atoms with E-state index >= 15 is 0 Å². The molecule has 0 spiro atoms. The Labute approximate surface area is 158 Å². The summed E-state index contributed by atoms with van der Waals surface area (Å²) in [4.78, 5) is 25.5. The van der Waals surface area contributed by atoms with Crippen molar-refractivity contribution in [2.24, 2.45) is 5.92 Å². The molecule has 0 saturated carbocycles. The van der Waals surface area contributed by atoms with Gasteiger partial charge in [0.2, 0.25) is 0 Å². The molecule has 2 aromatic carbocycles. The van der Waals surface area contributed by atoms with Gasteiger partial charge in [-0.15, -0.1) is 0 Å². The zero-order valence-electron chi connectivity index (χ0n) is 15.7. The minimum absolute atomic E-state index is 0.0120. The van der Waals surface area contributed by atoms with Crippen LogP contribution in [0.15, 0.2) is 48.5 Å². The summed E-state index contributed by atoms with van der Waals surface area (Å²) in [6.45, 7) is 4.24. The van der Waals surface area contributed by atoms with E-state index in [9.17, 15) is 9.59 Å². The molecule has 0 amide bonds. The quantitative estimate of drug-likeness (QED) is 0.653. The van der Waals surface area contributed by atoms with Crippen molar-refractivity contribution < 1.29 is 14.3 Å². The number of rotatable bonds is 3. The summed E-state index contributed by atoms with van der Waals surface area (Å²) in [6, 6.07) is 15.6. The van der Waals surface area contributed by atoms with Crippen LogP contribution < -0.4 is 0 Å². The van der Waals surface area contributed by atoms with E-state index in [-0.39, 0.29) is 17.8 Å². The number of fused-ring (bicyclic) bond motifs is 3. The summed E-state index contributed by atoms with van der Waals surface area (Å²) in [5, 5.41) is 1.06. The Balaban J connectivity index is 1.80. The summed E-state index contributed by atoms with van der Waals surface area (Å²) >= 11 is 0. The normalized spacial score (nSPS) is 16.1.